The van der Waals surface area contributed by atoms with Crippen LogP contribution in [-0.4, -0.2) is 13.2 Å². The molecule has 1 unspecified atom stereocenters. The molecule has 0 spiro atoms. The molecule has 0 radical (unpaired) electrons. The van der Waals surface area contributed by atoms with E-state index in [1.54, 1.807) is 0 Å². The van der Waals surface area contributed by atoms with Crippen LogP contribution in [0.3, 0.4) is 0 Å². The molecule has 0 amide bonds. The Kier molecular flexibility index (Phi) is 5.33. The molecule has 0 heterocycles. The molecule has 1 N–H and O–H groups in total. The zero-order valence-corrected chi connectivity index (χ0v) is 10.8. The van der Waals surface area contributed by atoms with Crippen LogP contribution < -0.4 is 10.1 Å². The van der Waals surface area contributed by atoms with Crippen molar-refractivity contribution in [3.8, 4) is 5.75 Å². The maximum atomic E-state index is 5.64. The molecule has 2 heteroatoms. The molecule has 0 aliphatic heterocycles. The van der Waals surface area contributed by atoms with Crippen LogP contribution in [0, 0.1) is 5.92 Å². The molecular formula is C14H23NO. The van der Waals surface area contributed by atoms with E-state index in [0.717, 1.165) is 18.9 Å². The number of hydrogen-bond acceptors (Lipinski definition) is 2. The van der Waals surface area contributed by atoms with E-state index in [0.29, 0.717) is 12.0 Å². The lowest BCUT2D eigenvalue weighted by Crippen LogP contribution is -2.17. The molecule has 1 aromatic carbocycles. The fraction of sp³-hybridized carbons (Fsp3) is 0.571. The summed E-state index contributed by atoms with van der Waals surface area (Å²) in [5, 5.41) is 3.39. The topological polar surface area (TPSA) is 21.3 Å². The Hall–Kier alpha value is -1.02. The Balaban J connectivity index is 2.53. The van der Waals surface area contributed by atoms with E-state index in [1.807, 2.05) is 12.1 Å². The van der Waals surface area contributed by atoms with Gasteiger partial charge in [0.1, 0.15) is 5.75 Å². The lowest BCUT2D eigenvalue weighted by atomic mass is 10.1. The molecule has 0 aliphatic carbocycles. The van der Waals surface area contributed by atoms with Gasteiger partial charge in [-0.25, -0.2) is 0 Å². The zero-order valence-electron chi connectivity index (χ0n) is 10.8. The molecule has 16 heavy (non-hydrogen) atoms. The van der Waals surface area contributed by atoms with E-state index in [4.69, 9.17) is 4.74 Å². The summed E-state index contributed by atoms with van der Waals surface area (Å²) in [5.74, 6) is 1.53. The maximum absolute atomic E-state index is 5.64. The zero-order chi connectivity index (χ0) is 12.0. The second-order valence-electron chi connectivity index (χ2n) is 4.55. The first-order valence-corrected chi connectivity index (χ1v) is 6.09. The quantitative estimate of drug-likeness (QED) is 0.795. The van der Waals surface area contributed by atoms with Gasteiger partial charge in [-0.05, 0) is 37.1 Å². The minimum atomic E-state index is 0.407. The smallest absolute Gasteiger partial charge is 0.119 e. The lowest BCUT2D eigenvalue weighted by Gasteiger charge is -2.14. The van der Waals surface area contributed by atoms with Crippen molar-refractivity contribution in [3.05, 3.63) is 29.8 Å². The van der Waals surface area contributed by atoms with E-state index in [1.165, 1.54) is 5.56 Å². The van der Waals surface area contributed by atoms with Gasteiger partial charge in [-0.2, -0.15) is 0 Å². The second kappa shape index (κ2) is 6.54. The Bertz CT molecular complexity index is 292. The van der Waals surface area contributed by atoms with Crippen molar-refractivity contribution < 1.29 is 4.74 Å². The number of ether oxygens (including phenoxy) is 1. The summed E-state index contributed by atoms with van der Waals surface area (Å²) in [5.41, 5.74) is 1.30. The molecule has 0 aliphatic rings. The number of hydrogen-bond donors (Lipinski definition) is 1. The monoisotopic (exact) mass is 221 g/mol. The Morgan fingerprint density at radius 3 is 2.25 bits per heavy atom. The van der Waals surface area contributed by atoms with Crippen molar-refractivity contribution in [1.29, 1.82) is 0 Å². The third-order valence-corrected chi connectivity index (χ3v) is 2.47. The molecule has 2 nitrogen and oxygen atoms in total. The largest absolute Gasteiger partial charge is 0.493 e. The standard InChI is InChI=1S/C14H23NO/c1-5-15-12(4)13-6-8-14(9-7-13)16-10-11(2)3/h6-9,11-12,15H,5,10H2,1-4H3. The first-order valence-electron chi connectivity index (χ1n) is 6.09. The van der Waals surface area contributed by atoms with E-state index >= 15 is 0 Å². The molecule has 1 aromatic rings. The first kappa shape index (κ1) is 13.0. The average Bonchev–Trinajstić information content (AvgIpc) is 2.27. The summed E-state index contributed by atoms with van der Waals surface area (Å²) in [6.45, 7) is 10.4. The molecule has 1 rings (SSSR count). The average molecular weight is 221 g/mol. The van der Waals surface area contributed by atoms with Crippen LogP contribution in [0.25, 0.3) is 0 Å². The van der Waals surface area contributed by atoms with Gasteiger partial charge in [0.25, 0.3) is 0 Å². The maximum Gasteiger partial charge on any atom is 0.119 e. The van der Waals surface area contributed by atoms with Crippen LogP contribution >= 0.6 is 0 Å². The van der Waals surface area contributed by atoms with E-state index in [2.05, 4.69) is 45.1 Å². The highest BCUT2D eigenvalue weighted by Gasteiger charge is 2.03. The summed E-state index contributed by atoms with van der Waals surface area (Å²) in [7, 11) is 0. The van der Waals surface area contributed by atoms with Crippen molar-refractivity contribution in [2.24, 2.45) is 5.92 Å². The molecule has 0 bridgehead atoms. The summed E-state index contributed by atoms with van der Waals surface area (Å²) in [6.07, 6.45) is 0. The van der Waals surface area contributed by atoms with Gasteiger partial charge in [-0.3, -0.25) is 0 Å². The van der Waals surface area contributed by atoms with Gasteiger partial charge in [0.2, 0.25) is 0 Å². The lowest BCUT2D eigenvalue weighted by molar-refractivity contribution is 0.271. The normalized spacial score (nSPS) is 12.8. The van der Waals surface area contributed by atoms with Gasteiger partial charge >= 0.3 is 0 Å². The van der Waals surface area contributed by atoms with Gasteiger partial charge in [0.15, 0.2) is 0 Å². The Morgan fingerprint density at radius 2 is 1.75 bits per heavy atom. The molecular weight excluding hydrogens is 198 g/mol. The predicted molar refractivity (Wildman–Crippen MR) is 68.9 cm³/mol. The summed E-state index contributed by atoms with van der Waals surface area (Å²) in [4.78, 5) is 0. The van der Waals surface area contributed by atoms with Crippen LogP contribution in [0.1, 0.15) is 39.3 Å². The van der Waals surface area contributed by atoms with Crippen molar-refractivity contribution in [3.63, 3.8) is 0 Å². The van der Waals surface area contributed by atoms with E-state index in [-0.39, 0.29) is 0 Å². The molecule has 0 saturated heterocycles. The molecule has 0 saturated carbocycles. The fourth-order valence-electron chi connectivity index (χ4n) is 1.54. The van der Waals surface area contributed by atoms with Crippen LogP contribution in [-0.2, 0) is 0 Å². The van der Waals surface area contributed by atoms with Crippen LogP contribution in [0.4, 0.5) is 0 Å². The molecule has 0 aromatic heterocycles. The minimum absolute atomic E-state index is 0.407. The summed E-state index contributed by atoms with van der Waals surface area (Å²) >= 11 is 0. The minimum Gasteiger partial charge on any atom is -0.493 e. The van der Waals surface area contributed by atoms with E-state index in [9.17, 15) is 0 Å². The third-order valence-electron chi connectivity index (χ3n) is 2.47. The van der Waals surface area contributed by atoms with Crippen molar-refractivity contribution in [2.45, 2.75) is 33.7 Å². The SMILES string of the molecule is CCNC(C)c1ccc(OCC(C)C)cc1. The highest BCUT2D eigenvalue weighted by atomic mass is 16.5. The molecule has 1 atom stereocenters. The van der Waals surface area contributed by atoms with Gasteiger partial charge < -0.3 is 10.1 Å². The fourth-order valence-corrected chi connectivity index (χ4v) is 1.54. The van der Waals surface area contributed by atoms with Gasteiger partial charge in [-0.1, -0.05) is 32.9 Å². The highest BCUT2D eigenvalue weighted by Crippen LogP contribution is 2.17. The summed E-state index contributed by atoms with van der Waals surface area (Å²) < 4.78 is 5.64. The second-order valence-corrected chi connectivity index (χ2v) is 4.55. The predicted octanol–water partition coefficient (Wildman–Crippen LogP) is 3.39. The Morgan fingerprint density at radius 1 is 1.12 bits per heavy atom. The summed E-state index contributed by atoms with van der Waals surface area (Å²) in [6, 6.07) is 8.76. The number of nitrogens with one attached hydrogen (secondary N) is 1. The molecule has 90 valence electrons. The van der Waals surface area contributed by atoms with Crippen molar-refractivity contribution in [1.82, 2.24) is 5.32 Å². The van der Waals surface area contributed by atoms with E-state index < -0.39 is 0 Å². The third kappa shape index (κ3) is 4.23. The highest BCUT2D eigenvalue weighted by molar-refractivity contribution is 5.28. The number of rotatable bonds is 6. The van der Waals surface area contributed by atoms with Crippen molar-refractivity contribution >= 4 is 0 Å². The van der Waals surface area contributed by atoms with Gasteiger partial charge in [0, 0.05) is 6.04 Å². The number of benzene rings is 1. The van der Waals surface area contributed by atoms with Gasteiger partial charge in [-0.15, -0.1) is 0 Å². The van der Waals surface area contributed by atoms with Crippen LogP contribution in [0.2, 0.25) is 0 Å². The van der Waals surface area contributed by atoms with Gasteiger partial charge in [0.05, 0.1) is 6.61 Å². The first-order chi connectivity index (χ1) is 7.63. The van der Waals surface area contributed by atoms with Crippen LogP contribution in [0.15, 0.2) is 24.3 Å². The molecule has 0 fully saturated rings. The van der Waals surface area contributed by atoms with Crippen molar-refractivity contribution in [2.75, 3.05) is 13.2 Å². The van der Waals surface area contributed by atoms with Crippen LogP contribution in [0.5, 0.6) is 5.75 Å². The Labute approximate surface area is 99.0 Å².